The summed E-state index contributed by atoms with van der Waals surface area (Å²) in [5, 5.41) is 10.9. The summed E-state index contributed by atoms with van der Waals surface area (Å²) < 4.78 is 11.7. The highest BCUT2D eigenvalue weighted by Crippen LogP contribution is 2.39. The monoisotopic (exact) mass is 468 g/mol. The molecule has 0 radical (unpaired) electrons. The predicted octanol–water partition coefficient (Wildman–Crippen LogP) is 5.46. The fourth-order valence-electron chi connectivity index (χ4n) is 4.89. The number of nitrogens with zero attached hydrogens (tertiary/aromatic N) is 2. The molecule has 1 N–H and O–H groups in total. The maximum Gasteiger partial charge on any atom is 0.320 e. The number of rotatable bonds is 8. The van der Waals surface area contributed by atoms with Crippen molar-refractivity contribution < 1.29 is 19.4 Å². The number of fused-ring (bicyclic) bond motifs is 1. The van der Waals surface area contributed by atoms with Crippen LogP contribution in [0, 0.1) is 0 Å². The van der Waals surface area contributed by atoms with Gasteiger partial charge >= 0.3 is 5.97 Å². The van der Waals surface area contributed by atoms with Gasteiger partial charge < -0.3 is 14.6 Å². The molecule has 6 nitrogen and oxygen atoms in total. The number of ether oxygens (including phenoxy) is 2. The van der Waals surface area contributed by atoms with Gasteiger partial charge in [0.2, 0.25) is 0 Å². The van der Waals surface area contributed by atoms with E-state index in [1.54, 1.807) is 7.11 Å². The zero-order chi connectivity index (χ0) is 24.2. The minimum absolute atomic E-state index is 0.271. The molecule has 6 heteroatoms. The van der Waals surface area contributed by atoms with Gasteiger partial charge in [-0.05, 0) is 53.8 Å². The van der Waals surface area contributed by atoms with E-state index in [4.69, 9.17) is 9.47 Å². The number of pyridine rings is 1. The van der Waals surface area contributed by atoms with Gasteiger partial charge in [0, 0.05) is 18.1 Å². The molecule has 2 unspecified atom stereocenters. The molecule has 0 saturated carbocycles. The standard InChI is InChI=1S/C29H28N2O4/c1-34-27-17-22(13-14-26(27)35-19-20-8-3-2-4-9-20)28(31-15-7-12-25(31)29(32)33)23-16-21-10-5-6-11-24(21)30-18-23/h2-6,8-11,13-14,16-18,25,28H,7,12,15,19H2,1H3,(H,32,33). The lowest BCUT2D eigenvalue weighted by Crippen LogP contribution is -2.39. The first-order valence-electron chi connectivity index (χ1n) is 11.8. The number of para-hydroxylation sites is 1. The fraction of sp³-hybridized carbons (Fsp3) is 0.241. The van der Waals surface area contributed by atoms with Crippen molar-refractivity contribution in [1.29, 1.82) is 0 Å². The van der Waals surface area contributed by atoms with Gasteiger partial charge in [0.25, 0.3) is 0 Å². The Bertz CT molecular complexity index is 1320. The number of benzene rings is 3. The van der Waals surface area contributed by atoms with Crippen LogP contribution < -0.4 is 9.47 Å². The minimum atomic E-state index is -0.795. The van der Waals surface area contributed by atoms with Crippen LogP contribution in [0.3, 0.4) is 0 Å². The first kappa shape index (κ1) is 22.9. The number of hydrogen-bond donors (Lipinski definition) is 1. The summed E-state index contributed by atoms with van der Waals surface area (Å²) in [5.74, 6) is 0.464. The molecule has 5 rings (SSSR count). The first-order valence-corrected chi connectivity index (χ1v) is 11.8. The lowest BCUT2D eigenvalue weighted by Gasteiger charge is -2.32. The second-order valence-electron chi connectivity index (χ2n) is 8.78. The van der Waals surface area contributed by atoms with E-state index in [-0.39, 0.29) is 6.04 Å². The Morgan fingerprint density at radius 2 is 1.83 bits per heavy atom. The van der Waals surface area contributed by atoms with Crippen LogP contribution in [-0.2, 0) is 11.4 Å². The Morgan fingerprint density at radius 3 is 2.63 bits per heavy atom. The van der Waals surface area contributed by atoms with Gasteiger partial charge in [-0.1, -0.05) is 54.6 Å². The Labute approximate surface area is 204 Å². The van der Waals surface area contributed by atoms with Crippen molar-refractivity contribution in [2.75, 3.05) is 13.7 Å². The maximum atomic E-state index is 12.1. The van der Waals surface area contributed by atoms with E-state index in [0.717, 1.165) is 34.0 Å². The predicted molar refractivity (Wildman–Crippen MR) is 135 cm³/mol. The molecule has 4 aromatic rings. The third-order valence-corrected chi connectivity index (χ3v) is 6.58. The Kier molecular flexibility index (Phi) is 6.64. The molecule has 0 spiro atoms. The quantitative estimate of drug-likeness (QED) is 0.370. The van der Waals surface area contributed by atoms with Crippen molar-refractivity contribution in [3.05, 3.63) is 102 Å². The van der Waals surface area contributed by atoms with Crippen LogP contribution in [-0.4, -0.2) is 40.7 Å². The van der Waals surface area contributed by atoms with E-state index in [9.17, 15) is 9.90 Å². The number of carboxylic acids is 1. The fourth-order valence-corrected chi connectivity index (χ4v) is 4.89. The Morgan fingerprint density at radius 1 is 1.03 bits per heavy atom. The summed E-state index contributed by atoms with van der Waals surface area (Å²) in [6, 6.07) is 25.1. The summed E-state index contributed by atoms with van der Waals surface area (Å²) in [7, 11) is 1.62. The van der Waals surface area contributed by atoms with E-state index < -0.39 is 12.0 Å². The van der Waals surface area contributed by atoms with Crippen molar-refractivity contribution in [2.45, 2.75) is 31.5 Å². The number of aliphatic carboxylic acids is 1. The van der Waals surface area contributed by atoms with Crippen molar-refractivity contribution >= 4 is 16.9 Å². The molecule has 0 bridgehead atoms. The van der Waals surface area contributed by atoms with Crippen LogP contribution in [0.5, 0.6) is 11.5 Å². The van der Waals surface area contributed by atoms with E-state index in [1.165, 1.54) is 0 Å². The van der Waals surface area contributed by atoms with Gasteiger partial charge in [-0.3, -0.25) is 14.7 Å². The first-order chi connectivity index (χ1) is 17.1. The third kappa shape index (κ3) is 4.84. The number of carboxylic acid groups (broad SMARTS) is 1. The zero-order valence-corrected chi connectivity index (χ0v) is 19.6. The smallest absolute Gasteiger partial charge is 0.320 e. The van der Waals surface area contributed by atoms with Gasteiger partial charge in [0.1, 0.15) is 12.6 Å². The largest absolute Gasteiger partial charge is 0.493 e. The Balaban J connectivity index is 1.53. The maximum absolute atomic E-state index is 12.1. The molecular weight excluding hydrogens is 440 g/mol. The van der Waals surface area contributed by atoms with E-state index in [2.05, 4.69) is 16.0 Å². The van der Waals surface area contributed by atoms with Crippen molar-refractivity contribution in [1.82, 2.24) is 9.88 Å². The molecule has 35 heavy (non-hydrogen) atoms. The van der Waals surface area contributed by atoms with E-state index >= 15 is 0 Å². The van der Waals surface area contributed by atoms with Gasteiger partial charge in [0.05, 0.1) is 18.7 Å². The number of hydrogen-bond acceptors (Lipinski definition) is 5. The van der Waals surface area contributed by atoms with Crippen LogP contribution in [0.2, 0.25) is 0 Å². The molecule has 1 saturated heterocycles. The van der Waals surface area contributed by atoms with Crippen LogP contribution in [0.4, 0.5) is 0 Å². The molecule has 2 atom stereocenters. The second-order valence-corrected chi connectivity index (χ2v) is 8.78. The molecule has 1 aromatic heterocycles. The van der Waals surface area contributed by atoms with Crippen LogP contribution in [0.15, 0.2) is 85.1 Å². The summed E-state index contributed by atoms with van der Waals surface area (Å²) in [5.41, 5.74) is 3.88. The summed E-state index contributed by atoms with van der Waals surface area (Å²) in [4.78, 5) is 18.8. The molecule has 2 heterocycles. The van der Waals surface area contributed by atoms with Gasteiger partial charge in [-0.15, -0.1) is 0 Å². The van der Waals surface area contributed by atoms with E-state index in [1.807, 2.05) is 79.0 Å². The number of carbonyl (C=O) groups is 1. The highest BCUT2D eigenvalue weighted by atomic mass is 16.5. The number of methoxy groups -OCH3 is 1. The van der Waals surface area contributed by atoms with Crippen LogP contribution in [0.1, 0.15) is 35.6 Å². The number of aromatic nitrogens is 1. The summed E-state index contributed by atoms with van der Waals surface area (Å²) in [6.45, 7) is 1.13. The van der Waals surface area contributed by atoms with E-state index in [0.29, 0.717) is 31.1 Å². The van der Waals surface area contributed by atoms with Crippen molar-refractivity contribution in [2.24, 2.45) is 0 Å². The van der Waals surface area contributed by atoms with Gasteiger partial charge in [0.15, 0.2) is 11.5 Å². The third-order valence-electron chi connectivity index (χ3n) is 6.58. The lowest BCUT2D eigenvalue weighted by molar-refractivity contribution is -0.142. The van der Waals surface area contributed by atoms with Gasteiger partial charge in [-0.2, -0.15) is 0 Å². The van der Waals surface area contributed by atoms with Crippen LogP contribution in [0.25, 0.3) is 10.9 Å². The highest BCUT2D eigenvalue weighted by Gasteiger charge is 2.37. The van der Waals surface area contributed by atoms with Crippen LogP contribution >= 0.6 is 0 Å². The average Bonchev–Trinajstić information content (AvgIpc) is 3.38. The normalized spacial score (nSPS) is 16.8. The lowest BCUT2D eigenvalue weighted by atomic mass is 9.96. The van der Waals surface area contributed by atoms with Crippen molar-refractivity contribution in [3.8, 4) is 11.5 Å². The Hall–Kier alpha value is -3.90. The SMILES string of the molecule is COc1cc(C(c2cnc3ccccc3c2)N2CCCC2C(=O)O)ccc1OCc1ccccc1. The topological polar surface area (TPSA) is 71.9 Å². The summed E-state index contributed by atoms with van der Waals surface area (Å²) in [6.07, 6.45) is 3.32. The van der Waals surface area contributed by atoms with Crippen molar-refractivity contribution in [3.63, 3.8) is 0 Å². The molecule has 1 fully saturated rings. The second kappa shape index (κ2) is 10.2. The zero-order valence-electron chi connectivity index (χ0n) is 19.6. The minimum Gasteiger partial charge on any atom is -0.493 e. The molecule has 178 valence electrons. The highest BCUT2D eigenvalue weighted by molar-refractivity contribution is 5.79. The molecule has 0 aliphatic carbocycles. The molecule has 3 aromatic carbocycles. The van der Waals surface area contributed by atoms with Gasteiger partial charge in [-0.25, -0.2) is 0 Å². The molecular formula is C29H28N2O4. The summed E-state index contributed by atoms with van der Waals surface area (Å²) >= 11 is 0. The molecule has 1 aliphatic rings. The average molecular weight is 469 g/mol. The number of likely N-dealkylation sites (tertiary alicyclic amines) is 1. The molecule has 0 amide bonds. The molecule has 1 aliphatic heterocycles.